The summed E-state index contributed by atoms with van der Waals surface area (Å²) in [5.41, 5.74) is 1.70. The highest BCUT2D eigenvalue weighted by Gasteiger charge is 2.37. The van der Waals surface area contributed by atoms with Crippen LogP contribution in [0.15, 0.2) is 54.2 Å². The van der Waals surface area contributed by atoms with Crippen LogP contribution in [0.4, 0.5) is 10.1 Å². The van der Waals surface area contributed by atoms with Gasteiger partial charge in [0.15, 0.2) is 6.23 Å². The van der Waals surface area contributed by atoms with Crippen molar-refractivity contribution in [1.29, 1.82) is 0 Å². The number of nitrogens with one attached hydrogen (secondary N) is 3. The summed E-state index contributed by atoms with van der Waals surface area (Å²) < 4.78 is 24.4. The van der Waals surface area contributed by atoms with E-state index in [0.717, 1.165) is 11.1 Å². The molecule has 9 heteroatoms. The van der Waals surface area contributed by atoms with Crippen LogP contribution in [0.25, 0.3) is 0 Å². The van der Waals surface area contributed by atoms with Gasteiger partial charge in [0, 0.05) is 18.2 Å². The molecule has 192 valence electrons. The number of hydrogen-bond acceptors (Lipinski definition) is 6. The lowest BCUT2D eigenvalue weighted by molar-refractivity contribution is -0.138. The second-order valence-electron chi connectivity index (χ2n) is 9.82. The Labute approximate surface area is 210 Å². The predicted molar refractivity (Wildman–Crippen MR) is 134 cm³/mol. The molecule has 0 radical (unpaired) electrons. The van der Waals surface area contributed by atoms with E-state index >= 15 is 0 Å². The number of rotatable bonds is 7. The van der Waals surface area contributed by atoms with E-state index in [9.17, 15) is 18.8 Å². The minimum absolute atomic E-state index is 0.0871. The molecule has 2 unspecified atom stereocenters. The van der Waals surface area contributed by atoms with E-state index in [-0.39, 0.29) is 17.4 Å². The molecule has 2 aromatic carbocycles. The summed E-state index contributed by atoms with van der Waals surface area (Å²) in [6, 6.07) is 10.6. The Morgan fingerprint density at radius 2 is 1.78 bits per heavy atom. The molecule has 1 aliphatic rings. The first kappa shape index (κ1) is 26.7. The van der Waals surface area contributed by atoms with Crippen LogP contribution in [0.1, 0.15) is 44.7 Å². The number of fused-ring (bicyclic) bond motifs is 1. The number of esters is 1. The zero-order valence-electron chi connectivity index (χ0n) is 21.3. The fourth-order valence-electron chi connectivity index (χ4n) is 3.95. The smallest absolute Gasteiger partial charge is 0.354 e. The van der Waals surface area contributed by atoms with E-state index in [1.807, 2.05) is 25.1 Å². The number of hydrogen-bond donors (Lipinski definition) is 3. The predicted octanol–water partition coefficient (Wildman–Crippen LogP) is 3.77. The number of aryl methyl sites for hydroxylation is 1. The summed E-state index contributed by atoms with van der Waals surface area (Å²) in [5.74, 6) is -1.94. The first-order valence-corrected chi connectivity index (χ1v) is 11.6. The number of carbonyl (C=O) groups is 3. The molecule has 0 fully saturated rings. The first-order chi connectivity index (χ1) is 16.9. The molecule has 0 saturated carbocycles. The molecule has 1 heterocycles. The molecular formula is C27H32FN3O5. The SMILES string of the molecule is COC(=O)/C(=C\C1c2cc(C)ccc2O[C@H]1Nc1ccc(F)cc1)NC(=O)C(NC(C)=O)C(C)(C)C. The minimum atomic E-state index is -0.898. The van der Waals surface area contributed by atoms with Crippen molar-refractivity contribution in [3.63, 3.8) is 0 Å². The lowest BCUT2D eigenvalue weighted by Crippen LogP contribution is -2.53. The Bertz CT molecular complexity index is 1170. The fraction of sp³-hybridized carbons (Fsp3) is 0.370. The Morgan fingerprint density at radius 3 is 2.36 bits per heavy atom. The Kier molecular flexibility index (Phi) is 8.02. The van der Waals surface area contributed by atoms with Gasteiger partial charge in [-0.15, -0.1) is 0 Å². The van der Waals surface area contributed by atoms with Gasteiger partial charge in [0.1, 0.15) is 23.3 Å². The molecule has 2 aromatic rings. The van der Waals surface area contributed by atoms with Gasteiger partial charge in [-0.2, -0.15) is 0 Å². The van der Waals surface area contributed by atoms with E-state index < -0.39 is 35.5 Å². The molecule has 0 aromatic heterocycles. The maximum absolute atomic E-state index is 13.4. The molecule has 3 N–H and O–H groups in total. The van der Waals surface area contributed by atoms with Gasteiger partial charge in [-0.3, -0.25) is 9.59 Å². The van der Waals surface area contributed by atoms with Gasteiger partial charge in [0.2, 0.25) is 11.8 Å². The van der Waals surface area contributed by atoms with Gasteiger partial charge in [-0.1, -0.05) is 38.5 Å². The standard InChI is InChI=1S/C27H32FN3O5/c1-15-7-12-22-19(13-15)20(25(36-22)30-18-10-8-17(28)9-11-18)14-21(26(34)35-6)31-24(33)23(27(3,4)5)29-16(2)32/h7-14,20,23,25,30H,1-6H3,(H,29,32)(H,31,33)/b21-14+/t20?,23?,25-/m1/s1. The zero-order chi connectivity index (χ0) is 26.6. The van der Waals surface area contributed by atoms with E-state index in [2.05, 4.69) is 16.0 Å². The van der Waals surface area contributed by atoms with Crippen molar-refractivity contribution in [2.24, 2.45) is 5.41 Å². The molecular weight excluding hydrogens is 465 g/mol. The third-order valence-corrected chi connectivity index (χ3v) is 5.74. The van der Waals surface area contributed by atoms with Crippen molar-refractivity contribution in [3.05, 3.63) is 71.2 Å². The number of methoxy groups -OCH3 is 1. The number of ether oxygens (including phenoxy) is 2. The van der Waals surface area contributed by atoms with Crippen molar-refractivity contribution >= 4 is 23.5 Å². The van der Waals surface area contributed by atoms with E-state index in [0.29, 0.717) is 11.4 Å². The third kappa shape index (κ3) is 6.41. The van der Waals surface area contributed by atoms with Crippen molar-refractivity contribution < 1.29 is 28.2 Å². The first-order valence-electron chi connectivity index (χ1n) is 11.6. The van der Waals surface area contributed by atoms with Crippen LogP contribution < -0.4 is 20.7 Å². The molecule has 0 spiro atoms. The number of carbonyl (C=O) groups excluding carboxylic acids is 3. The zero-order valence-corrected chi connectivity index (χ0v) is 21.3. The van der Waals surface area contributed by atoms with Gasteiger partial charge < -0.3 is 25.4 Å². The van der Waals surface area contributed by atoms with Gasteiger partial charge in [-0.25, -0.2) is 9.18 Å². The van der Waals surface area contributed by atoms with E-state index in [4.69, 9.17) is 9.47 Å². The van der Waals surface area contributed by atoms with Gasteiger partial charge in [0.25, 0.3) is 0 Å². The number of benzene rings is 2. The van der Waals surface area contributed by atoms with Crippen molar-refractivity contribution in [2.45, 2.75) is 52.8 Å². The normalized spacial score (nSPS) is 17.9. The molecule has 3 atom stereocenters. The average molecular weight is 498 g/mol. The van der Waals surface area contributed by atoms with Gasteiger partial charge >= 0.3 is 5.97 Å². The van der Waals surface area contributed by atoms with Crippen LogP contribution >= 0.6 is 0 Å². The van der Waals surface area contributed by atoms with Crippen LogP contribution in [0, 0.1) is 18.2 Å². The van der Waals surface area contributed by atoms with Crippen LogP contribution in [-0.2, 0) is 19.1 Å². The highest BCUT2D eigenvalue weighted by Crippen LogP contribution is 2.40. The monoisotopic (exact) mass is 497 g/mol. The van der Waals surface area contributed by atoms with E-state index in [1.165, 1.54) is 26.2 Å². The van der Waals surface area contributed by atoms with Crippen LogP contribution in [-0.4, -0.2) is 37.2 Å². The Hall–Kier alpha value is -3.88. The van der Waals surface area contributed by atoms with Gasteiger partial charge in [-0.05, 0) is 48.7 Å². The maximum atomic E-state index is 13.4. The summed E-state index contributed by atoms with van der Waals surface area (Å²) >= 11 is 0. The van der Waals surface area contributed by atoms with Crippen LogP contribution in [0.5, 0.6) is 5.75 Å². The molecule has 3 rings (SSSR count). The molecule has 1 aliphatic heterocycles. The molecule has 0 bridgehead atoms. The van der Waals surface area contributed by atoms with Crippen molar-refractivity contribution in [2.75, 3.05) is 12.4 Å². The molecule has 0 saturated heterocycles. The quantitative estimate of drug-likeness (QED) is 0.397. The van der Waals surface area contributed by atoms with E-state index in [1.54, 1.807) is 39.0 Å². The maximum Gasteiger partial charge on any atom is 0.354 e. The summed E-state index contributed by atoms with van der Waals surface area (Å²) in [5, 5.41) is 8.51. The minimum Gasteiger partial charge on any atom is -0.469 e. The Balaban J connectivity index is 1.99. The molecule has 0 aliphatic carbocycles. The van der Waals surface area contributed by atoms with Crippen LogP contribution in [0.2, 0.25) is 0 Å². The topological polar surface area (TPSA) is 106 Å². The third-order valence-electron chi connectivity index (χ3n) is 5.74. The summed E-state index contributed by atoms with van der Waals surface area (Å²) in [4.78, 5) is 37.6. The summed E-state index contributed by atoms with van der Waals surface area (Å²) in [6.07, 6.45) is 0.918. The highest BCUT2D eigenvalue weighted by molar-refractivity contribution is 5.97. The number of anilines is 1. The largest absolute Gasteiger partial charge is 0.469 e. The average Bonchev–Trinajstić information content (AvgIpc) is 3.13. The molecule has 36 heavy (non-hydrogen) atoms. The van der Waals surface area contributed by atoms with Crippen molar-refractivity contribution in [3.8, 4) is 5.75 Å². The Morgan fingerprint density at radius 1 is 1.11 bits per heavy atom. The summed E-state index contributed by atoms with van der Waals surface area (Å²) in [7, 11) is 1.22. The fourth-order valence-corrected chi connectivity index (χ4v) is 3.95. The lowest BCUT2D eigenvalue weighted by Gasteiger charge is -2.30. The van der Waals surface area contributed by atoms with Crippen LogP contribution in [0.3, 0.4) is 0 Å². The molecule has 2 amide bonds. The number of halogens is 1. The molecule has 8 nitrogen and oxygen atoms in total. The second-order valence-corrected chi connectivity index (χ2v) is 9.82. The van der Waals surface area contributed by atoms with Crippen molar-refractivity contribution in [1.82, 2.24) is 10.6 Å². The number of amides is 2. The summed E-state index contributed by atoms with van der Waals surface area (Å²) in [6.45, 7) is 8.68. The lowest BCUT2D eigenvalue weighted by atomic mass is 9.86. The second kappa shape index (κ2) is 10.8. The van der Waals surface area contributed by atoms with Gasteiger partial charge in [0.05, 0.1) is 13.0 Å². The highest BCUT2D eigenvalue weighted by atomic mass is 19.1.